The molecule has 2 aromatic rings. The van der Waals surface area contributed by atoms with E-state index in [4.69, 9.17) is 0 Å². The van der Waals surface area contributed by atoms with Crippen LogP contribution in [0, 0.1) is 11.8 Å². The van der Waals surface area contributed by atoms with E-state index >= 15 is 0 Å². The van der Waals surface area contributed by atoms with Gasteiger partial charge in [-0.1, -0.05) is 47.1 Å². The molecule has 0 amide bonds. The van der Waals surface area contributed by atoms with Crippen LogP contribution in [0.3, 0.4) is 0 Å². The maximum Gasteiger partial charge on any atom is 0.174 e. The lowest BCUT2D eigenvalue weighted by Gasteiger charge is -2.17. The third-order valence-electron chi connectivity index (χ3n) is 4.28. The number of halogens is 1. The van der Waals surface area contributed by atoms with E-state index in [0.29, 0.717) is 43.8 Å². The van der Waals surface area contributed by atoms with E-state index in [1.54, 1.807) is 0 Å². The van der Waals surface area contributed by atoms with Gasteiger partial charge in [-0.25, -0.2) is 0 Å². The van der Waals surface area contributed by atoms with Crippen molar-refractivity contribution < 1.29 is 9.59 Å². The third kappa shape index (κ3) is 7.15. The molecule has 1 unspecified atom stereocenters. The largest absolute Gasteiger partial charge is 0.299 e. The lowest BCUT2D eigenvalue weighted by atomic mass is 9.86. The fourth-order valence-electron chi connectivity index (χ4n) is 2.96. The summed E-state index contributed by atoms with van der Waals surface area (Å²) < 4.78 is 0.998. The number of aromatic amines is 1. The topological polar surface area (TPSA) is 88.6 Å². The van der Waals surface area contributed by atoms with Crippen molar-refractivity contribution in [2.75, 3.05) is 0 Å². The number of ketones is 2. The minimum atomic E-state index is -0.0873. The second-order valence-corrected chi connectivity index (χ2v) is 7.92. The summed E-state index contributed by atoms with van der Waals surface area (Å²) >= 11 is 3.39. The predicted octanol–water partition coefficient (Wildman–Crippen LogP) is 3.72. The zero-order valence-corrected chi connectivity index (χ0v) is 16.8. The van der Waals surface area contributed by atoms with Gasteiger partial charge >= 0.3 is 0 Å². The Morgan fingerprint density at radius 3 is 2.50 bits per heavy atom. The predicted molar refractivity (Wildman–Crippen MR) is 103 cm³/mol. The Labute approximate surface area is 162 Å². The molecule has 2 rings (SSSR count). The summed E-state index contributed by atoms with van der Waals surface area (Å²) in [6.07, 6.45) is 3.13. The molecule has 1 aromatic heterocycles. The summed E-state index contributed by atoms with van der Waals surface area (Å²) in [5.41, 5.74) is 1.00. The summed E-state index contributed by atoms with van der Waals surface area (Å²) in [4.78, 5) is 24.9. The number of benzene rings is 1. The molecule has 0 fully saturated rings. The Morgan fingerprint density at radius 2 is 1.88 bits per heavy atom. The first-order valence-corrected chi connectivity index (χ1v) is 9.74. The number of aryl methyl sites for hydroxylation is 1. The Kier molecular flexibility index (Phi) is 8.09. The summed E-state index contributed by atoms with van der Waals surface area (Å²) in [6.45, 7) is 4.20. The fraction of sp³-hybridized carbons (Fsp3) is 0.526. The molecule has 1 heterocycles. The first-order chi connectivity index (χ1) is 12.4. The van der Waals surface area contributed by atoms with Crippen LogP contribution >= 0.6 is 15.9 Å². The van der Waals surface area contributed by atoms with E-state index in [9.17, 15) is 9.59 Å². The highest BCUT2D eigenvalue weighted by Crippen LogP contribution is 2.21. The molecule has 26 heavy (non-hydrogen) atoms. The van der Waals surface area contributed by atoms with Crippen molar-refractivity contribution in [3.63, 3.8) is 0 Å². The van der Waals surface area contributed by atoms with Crippen LogP contribution < -0.4 is 0 Å². The minimum Gasteiger partial charge on any atom is -0.299 e. The molecule has 0 bridgehead atoms. The molecule has 140 valence electrons. The normalized spacial score (nSPS) is 12.3. The maximum absolute atomic E-state index is 12.6. The monoisotopic (exact) mass is 420 g/mol. The number of carbonyl (C=O) groups is 2. The Balaban J connectivity index is 1.84. The molecule has 0 saturated heterocycles. The number of hydrogen-bond acceptors (Lipinski definition) is 5. The molecule has 1 aromatic carbocycles. The summed E-state index contributed by atoms with van der Waals surface area (Å²) in [5.74, 6) is 1.23. The van der Waals surface area contributed by atoms with Crippen LogP contribution in [0.5, 0.6) is 0 Å². The van der Waals surface area contributed by atoms with E-state index in [0.717, 1.165) is 16.5 Å². The van der Waals surface area contributed by atoms with Crippen LogP contribution in [-0.2, 0) is 22.4 Å². The number of rotatable bonds is 11. The van der Waals surface area contributed by atoms with Crippen LogP contribution in [-0.4, -0.2) is 32.2 Å². The number of nitrogens with one attached hydrogen (secondary N) is 1. The Hall–Kier alpha value is -1.89. The molecule has 0 aliphatic rings. The molecular formula is C19H25BrN4O2. The standard InChI is InChI=1S/C19H25BrN4O2/c1-13(2)11-15(18(26)9-10-19-21-23-24-22-19)5-8-17(25)12-14-3-6-16(20)7-4-14/h3-4,6-7,13,15H,5,8-12H2,1-2H3,(H,21,22,23,24). The second kappa shape index (κ2) is 10.3. The van der Waals surface area contributed by atoms with Crippen LogP contribution in [0.4, 0.5) is 0 Å². The Morgan fingerprint density at radius 1 is 1.15 bits per heavy atom. The van der Waals surface area contributed by atoms with Gasteiger partial charge in [-0.2, -0.15) is 5.21 Å². The molecule has 7 heteroatoms. The number of aromatic nitrogens is 4. The lowest BCUT2D eigenvalue weighted by molar-refractivity contribution is -0.124. The van der Waals surface area contributed by atoms with Gasteiger partial charge in [-0.05, 0) is 36.5 Å². The number of carbonyl (C=O) groups excluding carboxylic acids is 2. The zero-order chi connectivity index (χ0) is 18.9. The van der Waals surface area contributed by atoms with E-state index in [-0.39, 0.29) is 17.5 Å². The minimum absolute atomic E-state index is 0.0873. The highest BCUT2D eigenvalue weighted by molar-refractivity contribution is 9.10. The maximum atomic E-state index is 12.6. The molecule has 0 spiro atoms. The van der Waals surface area contributed by atoms with E-state index in [2.05, 4.69) is 50.4 Å². The average molecular weight is 421 g/mol. The quantitative estimate of drug-likeness (QED) is 0.598. The molecule has 0 saturated carbocycles. The van der Waals surface area contributed by atoms with Crippen molar-refractivity contribution in [2.45, 2.75) is 52.4 Å². The van der Waals surface area contributed by atoms with Gasteiger partial charge < -0.3 is 0 Å². The van der Waals surface area contributed by atoms with Gasteiger partial charge in [0.05, 0.1) is 0 Å². The molecule has 1 N–H and O–H groups in total. The average Bonchev–Trinajstić information content (AvgIpc) is 3.11. The van der Waals surface area contributed by atoms with E-state index in [1.165, 1.54) is 0 Å². The molecule has 0 aliphatic carbocycles. The van der Waals surface area contributed by atoms with Crippen molar-refractivity contribution in [3.8, 4) is 0 Å². The van der Waals surface area contributed by atoms with Gasteiger partial charge in [0.1, 0.15) is 11.6 Å². The van der Waals surface area contributed by atoms with E-state index < -0.39 is 0 Å². The first kappa shape index (κ1) is 20.4. The number of nitrogens with zero attached hydrogens (tertiary/aromatic N) is 3. The van der Waals surface area contributed by atoms with Crippen molar-refractivity contribution in [3.05, 3.63) is 40.1 Å². The first-order valence-electron chi connectivity index (χ1n) is 8.95. The number of hydrogen-bond donors (Lipinski definition) is 1. The SMILES string of the molecule is CC(C)CC(CCC(=O)Cc1ccc(Br)cc1)C(=O)CCc1nn[nH]n1. The molecule has 6 nitrogen and oxygen atoms in total. The Bertz CT molecular complexity index is 699. The number of tetrazole rings is 1. The smallest absolute Gasteiger partial charge is 0.174 e. The van der Waals surface area contributed by atoms with Crippen LogP contribution in [0.25, 0.3) is 0 Å². The number of Topliss-reactive ketones (excluding diaryl/α,β-unsaturated/α-hetero) is 2. The molecular weight excluding hydrogens is 396 g/mol. The van der Waals surface area contributed by atoms with Crippen molar-refractivity contribution in [2.24, 2.45) is 11.8 Å². The van der Waals surface area contributed by atoms with Crippen molar-refractivity contribution in [1.82, 2.24) is 20.6 Å². The van der Waals surface area contributed by atoms with Gasteiger partial charge in [0.2, 0.25) is 0 Å². The highest BCUT2D eigenvalue weighted by Gasteiger charge is 2.21. The summed E-state index contributed by atoms with van der Waals surface area (Å²) in [7, 11) is 0. The van der Waals surface area contributed by atoms with Crippen LogP contribution in [0.1, 0.15) is 50.9 Å². The van der Waals surface area contributed by atoms with Gasteiger partial charge in [0.25, 0.3) is 0 Å². The zero-order valence-electron chi connectivity index (χ0n) is 15.2. The third-order valence-corrected chi connectivity index (χ3v) is 4.81. The van der Waals surface area contributed by atoms with Gasteiger partial charge in [-0.15, -0.1) is 10.2 Å². The summed E-state index contributed by atoms with van der Waals surface area (Å²) in [6, 6.07) is 7.77. The van der Waals surface area contributed by atoms with Crippen LogP contribution in [0.2, 0.25) is 0 Å². The van der Waals surface area contributed by atoms with Crippen molar-refractivity contribution >= 4 is 27.5 Å². The van der Waals surface area contributed by atoms with Crippen molar-refractivity contribution in [1.29, 1.82) is 0 Å². The summed E-state index contributed by atoms with van der Waals surface area (Å²) in [5, 5.41) is 13.7. The highest BCUT2D eigenvalue weighted by atomic mass is 79.9. The molecule has 0 radical (unpaired) electrons. The lowest BCUT2D eigenvalue weighted by Crippen LogP contribution is -2.19. The van der Waals surface area contributed by atoms with Gasteiger partial charge in [-0.3, -0.25) is 9.59 Å². The number of H-pyrrole nitrogens is 1. The fourth-order valence-corrected chi connectivity index (χ4v) is 3.22. The van der Waals surface area contributed by atoms with Crippen LogP contribution in [0.15, 0.2) is 28.7 Å². The molecule has 0 aliphatic heterocycles. The van der Waals surface area contributed by atoms with E-state index in [1.807, 2.05) is 24.3 Å². The second-order valence-electron chi connectivity index (χ2n) is 7.00. The van der Waals surface area contributed by atoms with Gasteiger partial charge in [0, 0.05) is 36.1 Å². The van der Waals surface area contributed by atoms with Gasteiger partial charge in [0.15, 0.2) is 5.82 Å². The molecule has 1 atom stereocenters.